The van der Waals surface area contributed by atoms with Crippen LogP contribution in [0, 0.1) is 19.7 Å². The molecule has 1 aliphatic heterocycles. The zero-order chi connectivity index (χ0) is 25.4. The molecule has 0 radical (unpaired) electrons. The van der Waals surface area contributed by atoms with E-state index in [9.17, 15) is 9.18 Å². The molecule has 5 rings (SSSR count). The molecule has 1 unspecified atom stereocenters. The summed E-state index contributed by atoms with van der Waals surface area (Å²) >= 11 is 0. The van der Waals surface area contributed by atoms with Crippen LogP contribution in [0.3, 0.4) is 0 Å². The molecule has 0 aromatic heterocycles. The van der Waals surface area contributed by atoms with E-state index in [0.29, 0.717) is 5.56 Å². The van der Waals surface area contributed by atoms with Crippen molar-refractivity contribution in [2.24, 2.45) is 0 Å². The number of benzene rings is 4. The third kappa shape index (κ3) is 4.66. The first-order valence-corrected chi connectivity index (χ1v) is 12.5. The molecule has 1 aliphatic rings. The van der Waals surface area contributed by atoms with Gasteiger partial charge in [-0.2, -0.15) is 0 Å². The Morgan fingerprint density at radius 2 is 1.58 bits per heavy atom. The van der Waals surface area contributed by atoms with E-state index >= 15 is 0 Å². The predicted molar refractivity (Wildman–Crippen MR) is 143 cm³/mol. The van der Waals surface area contributed by atoms with Crippen LogP contribution in [0.2, 0.25) is 0 Å². The van der Waals surface area contributed by atoms with Crippen molar-refractivity contribution in [1.82, 2.24) is 4.90 Å². The van der Waals surface area contributed by atoms with Gasteiger partial charge in [-0.1, -0.05) is 65.7 Å². The van der Waals surface area contributed by atoms with Gasteiger partial charge in [-0.15, -0.1) is 0 Å². The molecule has 0 amide bonds. The number of esters is 1. The molecule has 3 atom stereocenters. The number of nitrogens with zero attached hydrogens (tertiary/aromatic N) is 1. The van der Waals surface area contributed by atoms with Gasteiger partial charge in [0.2, 0.25) is 0 Å². The maximum absolute atomic E-state index is 14.9. The van der Waals surface area contributed by atoms with Gasteiger partial charge in [-0.25, -0.2) is 9.18 Å². The molecule has 1 heterocycles. The normalized spacial score (nSPS) is 18.9. The molecule has 184 valence electrons. The summed E-state index contributed by atoms with van der Waals surface area (Å²) in [5.74, 6) is -0.370. The first kappa shape index (κ1) is 24.2. The highest BCUT2D eigenvalue weighted by molar-refractivity contribution is 5.89. The van der Waals surface area contributed by atoms with E-state index in [2.05, 4.69) is 55.1 Å². The van der Waals surface area contributed by atoms with Crippen LogP contribution < -0.4 is 0 Å². The van der Waals surface area contributed by atoms with Crippen LogP contribution in [0.5, 0.6) is 0 Å². The van der Waals surface area contributed by atoms with Gasteiger partial charge in [0.05, 0.1) is 12.7 Å². The smallest absolute Gasteiger partial charge is 0.337 e. The summed E-state index contributed by atoms with van der Waals surface area (Å²) in [5, 5.41) is 2.45. The Kier molecular flexibility index (Phi) is 6.63. The summed E-state index contributed by atoms with van der Waals surface area (Å²) in [6, 6.07) is 26.5. The number of hydrogen-bond donors (Lipinski definition) is 0. The van der Waals surface area contributed by atoms with Crippen molar-refractivity contribution in [2.75, 3.05) is 13.7 Å². The van der Waals surface area contributed by atoms with Crippen molar-refractivity contribution in [3.8, 4) is 0 Å². The van der Waals surface area contributed by atoms with Gasteiger partial charge in [0, 0.05) is 24.5 Å². The zero-order valence-corrected chi connectivity index (χ0v) is 21.3. The Balaban J connectivity index is 1.52. The first-order chi connectivity index (χ1) is 17.3. The van der Waals surface area contributed by atoms with Crippen molar-refractivity contribution in [2.45, 2.75) is 45.2 Å². The fourth-order valence-electron chi connectivity index (χ4n) is 5.62. The lowest BCUT2D eigenvalue weighted by Crippen LogP contribution is -2.27. The van der Waals surface area contributed by atoms with Crippen LogP contribution in [0.1, 0.15) is 69.5 Å². The molecule has 1 saturated heterocycles. The topological polar surface area (TPSA) is 29.5 Å². The molecule has 36 heavy (non-hydrogen) atoms. The van der Waals surface area contributed by atoms with Crippen LogP contribution in [-0.4, -0.2) is 24.5 Å². The molecule has 3 nitrogen and oxygen atoms in total. The second-order valence-electron chi connectivity index (χ2n) is 10.1. The lowest BCUT2D eigenvalue weighted by atomic mass is 9.91. The summed E-state index contributed by atoms with van der Waals surface area (Å²) in [6.45, 7) is 7.08. The van der Waals surface area contributed by atoms with E-state index in [4.69, 9.17) is 4.74 Å². The van der Waals surface area contributed by atoms with Crippen LogP contribution in [0.4, 0.5) is 4.39 Å². The monoisotopic (exact) mass is 481 g/mol. The molecule has 0 aliphatic carbocycles. The average Bonchev–Trinajstić information content (AvgIpc) is 3.34. The highest BCUT2D eigenvalue weighted by Gasteiger charge is 2.38. The van der Waals surface area contributed by atoms with Crippen LogP contribution in [-0.2, 0) is 4.74 Å². The zero-order valence-electron chi connectivity index (χ0n) is 21.3. The molecule has 4 aromatic rings. The maximum Gasteiger partial charge on any atom is 0.337 e. The second-order valence-corrected chi connectivity index (χ2v) is 10.1. The predicted octanol–water partition coefficient (Wildman–Crippen LogP) is 7.67. The third-order valence-electron chi connectivity index (χ3n) is 7.65. The number of aryl methyl sites for hydroxylation is 2. The summed E-state index contributed by atoms with van der Waals surface area (Å²) in [4.78, 5) is 14.4. The molecular weight excluding hydrogens is 449 g/mol. The van der Waals surface area contributed by atoms with Gasteiger partial charge >= 0.3 is 5.97 Å². The molecular formula is C32H32FNO2. The Morgan fingerprint density at radius 1 is 0.917 bits per heavy atom. The Hall–Kier alpha value is -3.50. The number of halogens is 1. The third-order valence-corrected chi connectivity index (χ3v) is 7.65. The minimum atomic E-state index is -0.338. The largest absolute Gasteiger partial charge is 0.465 e. The SMILES string of the molecule is COC(=O)c1ccc(C(C)N2C[C@H](c3cc(C)ccc3F)C[C@@H]2c2ccc3cc(C)ccc3c2)cc1. The van der Waals surface area contributed by atoms with Gasteiger partial charge in [-0.3, -0.25) is 4.90 Å². The maximum atomic E-state index is 14.9. The summed E-state index contributed by atoms with van der Waals surface area (Å²) in [6.07, 6.45) is 0.850. The van der Waals surface area contributed by atoms with E-state index < -0.39 is 0 Å². The fourth-order valence-corrected chi connectivity index (χ4v) is 5.62. The molecule has 0 saturated carbocycles. The number of hydrogen-bond acceptors (Lipinski definition) is 3. The summed E-state index contributed by atoms with van der Waals surface area (Å²) < 4.78 is 19.8. The summed E-state index contributed by atoms with van der Waals surface area (Å²) in [5.41, 5.74) is 6.03. The van der Waals surface area contributed by atoms with Crippen molar-refractivity contribution in [3.63, 3.8) is 0 Å². The molecule has 0 spiro atoms. The summed E-state index contributed by atoms with van der Waals surface area (Å²) in [7, 11) is 1.39. The van der Waals surface area contributed by atoms with Crippen LogP contribution >= 0.6 is 0 Å². The minimum Gasteiger partial charge on any atom is -0.465 e. The van der Waals surface area contributed by atoms with Gasteiger partial charge in [0.1, 0.15) is 5.82 Å². The van der Waals surface area contributed by atoms with Crippen molar-refractivity contribution < 1.29 is 13.9 Å². The number of ether oxygens (including phenoxy) is 1. The number of methoxy groups -OCH3 is 1. The highest BCUT2D eigenvalue weighted by atomic mass is 19.1. The van der Waals surface area contributed by atoms with Gasteiger partial charge in [0.15, 0.2) is 0 Å². The molecule has 1 fully saturated rings. The molecule has 0 N–H and O–H groups in total. The van der Waals surface area contributed by atoms with Gasteiger partial charge in [0.25, 0.3) is 0 Å². The Bertz CT molecular complexity index is 1410. The van der Waals surface area contributed by atoms with Gasteiger partial charge in [-0.05, 0) is 78.9 Å². The second kappa shape index (κ2) is 9.87. The number of carbonyl (C=O) groups excluding carboxylic acids is 1. The number of rotatable bonds is 5. The minimum absolute atomic E-state index is 0.0910. The van der Waals surface area contributed by atoms with Crippen LogP contribution in [0.15, 0.2) is 78.9 Å². The quantitative estimate of drug-likeness (QED) is 0.274. The van der Waals surface area contributed by atoms with E-state index in [0.717, 1.165) is 29.7 Å². The highest BCUT2D eigenvalue weighted by Crippen LogP contribution is 2.46. The molecule has 4 heteroatoms. The van der Waals surface area contributed by atoms with E-state index in [1.54, 1.807) is 6.07 Å². The molecule has 4 aromatic carbocycles. The van der Waals surface area contributed by atoms with Crippen molar-refractivity contribution >= 4 is 16.7 Å². The average molecular weight is 482 g/mol. The number of carbonyl (C=O) groups is 1. The fraction of sp³-hybridized carbons (Fsp3) is 0.281. The number of likely N-dealkylation sites (tertiary alicyclic amines) is 1. The van der Waals surface area contributed by atoms with E-state index in [1.807, 2.05) is 43.3 Å². The Labute approximate surface area is 212 Å². The Morgan fingerprint density at radius 3 is 2.33 bits per heavy atom. The van der Waals surface area contributed by atoms with Crippen molar-refractivity contribution in [1.29, 1.82) is 0 Å². The van der Waals surface area contributed by atoms with E-state index in [-0.39, 0.29) is 29.8 Å². The van der Waals surface area contributed by atoms with Crippen LogP contribution in [0.25, 0.3) is 10.8 Å². The first-order valence-electron chi connectivity index (χ1n) is 12.5. The number of fused-ring (bicyclic) bond motifs is 1. The lowest BCUT2D eigenvalue weighted by molar-refractivity contribution is 0.0600. The van der Waals surface area contributed by atoms with Crippen molar-refractivity contribution in [3.05, 3.63) is 118 Å². The standard InChI is InChI=1S/C32H32FNO2/c1-20-5-7-26-17-27(13-12-25(26)15-20)31-18-28(29-16-21(2)6-14-30(29)33)19-34(31)22(3)23-8-10-24(11-9-23)32(35)36-4/h5-17,22,28,31H,18-19H2,1-4H3/t22?,28-,31-/m1/s1. The van der Waals surface area contributed by atoms with Gasteiger partial charge < -0.3 is 4.74 Å². The molecule has 0 bridgehead atoms. The van der Waals surface area contributed by atoms with E-state index in [1.165, 1.54) is 29.0 Å². The lowest BCUT2D eigenvalue weighted by Gasteiger charge is -2.31.